The van der Waals surface area contributed by atoms with E-state index in [1.54, 1.807) is 48.5 Å². The van der Waals surface area contributed by atoms with Gasteiger partial charge in [-0.05, 0) is 37.1 Å². The summed E-state index contributed by atoms with van der Waals surface area (Å²) >= 11 is 1.07. The van der Waals surface area contributed by atoms with Gasteiger partial charge in [-0.25, -0.2) is 0 Å². The number of methoxy groups -OCH3 is 2. The number of carbonyl (C=O) groups is 4. The van der Waals surface area contributed by atoms with Crippen LogP contribution in [0.3, 0.4) is 0 Å². The molecule has 0 spiro atoms. The quantitative estimate of drug-likeness (QED) is 0.0398. The predicted molar refractivity (Wildman–Crippen MR) is 217 cm³/mol. The van der Waals surface area contributed by atoms with Crippen LogP contribution in [0.1, 0.15) is 39.5 Å². The van der Waals surface area contributed by atoms with Crippen LogP contribution in [0.2, 0.25) is 0 Å². The minimum atomic E-state index is -0.994. The topological polar surface area (TPSA) is 223 Å². The maximum Gasteiger partial charge on any atom is 0.316 e. The summed E-state index contributed by atoms with van der Waals surface area (Å²) in [6.45, 7) is 3.64. The summed E-state index contributed by atoms with van der Waals surface area (Å²) in [6.07, 6.45) is -1.25. The molecular weight excluding hydrogens is 809 g/mol. The molecule has 2 aromatic rings. The van der Waals surface area contributed by atoms with Gasteiger partial charge >= 0.3 is 23.9 Å². The second-order valence-electron chi connectivity index (χ2n) is 11.8. The Labute approximate surface area is 345 Å². The van der Waals surface area contributed by atoms with Gasteiger partial charge in [-0.2, -0.15) is 0 Å². The van der Waals surface area contributed by atoms with Crippen molar-refractivity contribution in [3.05, 3.63) is 48.5 Å². The third-order valence-electron chi connectivity index (χ3n) is 6.95. The summed E-state index contributed by atoms with van der Waals surface area (Å²) in [5, 5.41) is 38.8. The molecule has 0 radical (unpaired) electrons. The minimum absolute atomic E-state index is 0.00826. The average molecular weight is 865 g/mol. The van der Waals surface area contributed by atoms with Gasteiger partial charge < -0.3 is 58.3 Å². The molecule has 57 heavy (non-hydrogen) atoms. The van der Waals surface area contributed by atoms with Crippen molar-refractivity contribution in [3.63, 3.8) is 0 Å². The number of thioether (sulfide) groups is 1. The van der Waals surface area contributed by atoms with Crippen molar-refractivity contribution >= 4 is 57.2 Å². The highest BCUT2D eigenvalue weighted by Gasteiger charge is 2.13. The molecule has 0 aliphatic carbocycles. The smallest absolute Gasteiger partial charge is 0.316 e. The van der Waals surface area contributed by atoms with Crippen LogP contribution in [-0.2, 0) is 38.1 Å². The molecule has 2 rings (SSSR count). The fourth-order valence-electron chi connectivity index (χ4n) is 3.65. The van der Waals surface area contributed by atoms with E-state index in [0.717, 1.165) is 11.8 Å². The van der Waals surface area contributed by atoms with Crippen molar-refractivity contribution in [2.45, 2.75) is 63.9 Å². The fraction of sp³-hybridized carbons (Fsp3) is 0.579. The highest BCUT2D eigenvalue weighted by Crippen LogP contribution is 2.23. The van der Waals surface area contributed by atoms with Crippen molar-refractivity contribution in [3.8, 4) is 23.0 Å². The van der Waals surface area contributed by atoms with E-state index < -0.39 is 42.3 Å². The SMILES string of the molecule is CCC(O)COc1cccc(OCC(O)COC(=O)CCSSCCC(=O)OC)c1.CCC(O)COc1cccc(OCC(O)COC(=O)CSCC(=O)OC)c1. The summed E-state index contributed by atoms with van der Waals surface area (Å²) in [6, 6.07) is 13.7. The minimum Gasteiger partial charge on any atom is -0.491 e. The van der Waals surface area contributed by atoms with E-state index >= 15 is 0 Å². The second-order valence-corrected chi connectivity index (χ2v) is 15.5. The zero-order valence-electron chi connectivity index (χ0n) is 32.7. The Hall–Kier alpha value is -3.59. The van der Waals surface area contributed by atoms with Crippen molar-refractivity contribution < 1.29 is 77.5 Å². The Morgan fingerprint density at radius 1 is 0.526 bits per heavy atom. The largest absolute Gasteiger partial charge is 0.491 e. The zero-order valence-corrected chi connectivity index (χ0v) is 35.2. The molecule has 0 aliphatic rings. The first-order chi connectivity index (χ1) is 27.4. The molecule has 0 fully saturated rings. The molecule has 0 aromatic heterocycles. The molecule has 0 heterocycles. The van der Waals surface area contributed by atoms with Gasteiger partial charge in [0.15, 0.2) is 0 Å². The van der Waals surface area contributed by atoms with E-state index in [9.17, 15) is 39.6 Å². The van der Waals surface area contributed by atoms with Crippen molar-refractivity contribution in [2.24, 2.45) is 0 Å². The number of rotatable bonds is 29. The van der Waals surface area contributed by atoms with Crippen molar-refractivity contribution in [1.82, 2.24) is 0 Å². The van der Waals surface area contributed by atoms with Crippen LogP contribution in [0.15, 0.2) is 48.5 Å². The zero-order chi connectivity index (χ0) is 42.3. The van der Waals surface area contributed by atoms with Crippen LogP contribution in [0.5, 0.6) is 23.0 Å². The lowest BCUT2D eigenvalue weighted by Crippen LogP contribution is -2.26. The lowest BCUT2D eigenvalue weighted by atomic mass is 10.3. The molecule has 16 nitrogen and oxygen atoms in total. The number of ether oxygens (including phenoxy) is 8. The van der Waals surface area contributed by atoms with E-state index in [2.05, 4.69) is 9.47 Å². The lowest BCUT2D eigenvalue weighted by molar-refractivity contribution is -0.146. The first-order valence-corrected chi connectivity index (χ1v) is 21.7. The summed E-state index contributed by atoms with van der Waals surface area (Å²) < 4.78 is 40.8. The van der Waals surface area contributed by atoms with E-state index in [0.29, 0.717) is 53.8 Å². The van der Waals surface area contributed by atoms with Crippen molar-refractivity contribution in [2.75, 3.05) is 76.9 Å². The lowest BCUT2D eigenvalue weighted by Gasteiger charge is -2.14. The van der Waals surface area contributed by atoms with Gasteiger partial charge in [0.05, 0.1) is 50.8 Å². The summed E-state index contributed by atoms with van der Waals surface area (Å²) in [4.78, 5) is 45.1. The van der Waals surface area contributed by atoms with Gasteiger partial charge in [0.25, 0.3) is 0 Å². The Morgan fingerprint density at radius 2 is 0.895 bits per heavy atom. The van der Waals surface area contributed by atoms with Gasteiger partial charge in [-0.15, -0.1) is 11.8 Å². The number of esters is 4. The molecule has 2 aromatic carbocycles. The van der Waals surface area contributed by atoms with Crippen molar-refractivity contribution in [1.29, 1.82) is 0 Å². The van der Waals surface area contributed by atoms with Crippen LogP contribution >= 0.6 is 33.3 Å². The standard InChI is InChI=1S/C20H30O8S2.C18H26O8S/c1-3-15(21)12-26-17-5-4-6-18(11-17)27-13-16(22)14-28-20(24)8-10-30-29-9-7-19(23)25-2;1-3-13(19)8-24-15-5-4-6-16(7-15)25-9-14(20)10-26-18(22)12-27-11-17(21)23-2/h4-6,11,15-16,21-22H,3,7-10,12-14H2,1-2H3;4-7,13-14,19-20H,3,8-12H2,1-2H3. The molecule has 4 atom stereocenters. The third-order valence-corrected chi connectivity index (χ3v) is 10.2. The molecule has 322 valence electrons. The first kappa shape index (κ1) is 51.4. The van der Waals surface area contributed by atoms with Crippen LogP contribution in [0.4, 0.5) is 0 Å². The van der Waals surface area contributed by atoms with Gasteiger partial charge in [-0.1, -0.05) is 47.6 Å². The molecular formula is C38H56O16S3. The average Bonchev–Trinajstić information content (AvgIpc) is 3.23. The van der Waals surface area contributed by atoms with Crippen LogP contribution < -0.4 is 18.9 Å². The van der Waals surface area contributed by atoms with E-state index in [-0.39, 0.29) is 63.5 Å². The molecule has 0 saturated heterocycles. The monoisotopic (exact) mass is 864 g/mol. The van der Waals surface area contributed by atoms with Gasteiger partial charge in [0.1, 0.15) is 74.8 Å². The number of carbonyl (C=O) groups excluding carboxylic acids is 4. The molecule has 0 saturated carbocycles. The number of aliphatic hydroxyl groups is 4. The Balaban J connectivity index is 0.000000573. The van der Waals surface area contributed by atoms with Crippen LogP contribution in [0.25, 0.3) is 0 Å². The van der Waals surface area contributed by atoms with Crippen LogP contribution in [0, 0.1) is 0 Å². The molecule has 0 aliphatic heterocycles. The number of hydrogen-bond donors (Lipinski definition) is 4. The maximum absolute atomic E-state index is 11.7. The highest BCUT2D eigenvalue weighted by atomic mass is 33.1. The maximum atomic E-state index is 11.7. The molecule has 4 N–H and O–H groups in total. The second kappa shape index (κ2) is 32.4. The fourth-order valence-corrected chi connectivity index (χ4v) is 6.23. The first-order valence-electron chi connectivity index (χ1n) is 18.1. The summed E-state index contributed by atoms with van der Waals surface area (Å²) in [5.74, 6) is 1.70. The Kier molecular flexibility index (Phi) is 29.2. The van der Waals surface area contributed by atoms with E-state index in [1.807, 2.05) is 13.8 Å². The van der Waals surface area contributed by atoms with Crippen LogP contribution in [-0.4, -0.2) is 146 Å². The Bertz CT molecular complexity index is 1420. The number of hydrogen-bond acceptors (Lipinski definition) is 19. The van der Waals surface area contributed by atoms with Gasteiger partial charge in [0.2, 0.25) is 0 Å². The third kappa shape index (κ3) is 27.6. The van der Waals surface area contributed by atoms with E-state index in [1.165, 1.54) is 35.8 Å². The number of aliphatic hydroxyl groups excluding tert-OH is 4. The molecule has 4 unspecified atom stereocenters. The summed E-state index contributed by atoms with van der Waals surface area (Å²) in [7, 11) is 5.59. The van der Waals surface area contributed by atoms with Gasteiger partial charge in [0, 0.05) is 23.6 Å². The highest BCUT2D eigenvalue weighted by molar-refractivity contribution is 8.76. The van der Waals surface area contributed by atoms with E-state index in [4.69, 9.17) is 28.4 Å². The van der Waals surface area contributed by atoms with Gasteiger partial charge in [-0.3, -0.25) is 19.2 Å². The Morgan fingerprint density at radius 3 is 1.30 bits per heavy atom. The molecule has 19 heteroatoms. The molecule has 0 bridgehead atoms. The number of benzene rings is 2. The molecule has 0 amide bonds. The normalized spacial score (nSPS) is 12.7. The predicted octanol–water partition coefficient (Wildman–Crippen LogP) is 3.48. The summed E-state index contributed by atoms with van der Waals surface area (Å²) in [5.41, 5.74) is 0.